The van der Waals surface area contributed by atoms with Gasteiger partial charge in [0.2, 0.25) is 0 Å². The predicted octanol–water partition coefficient (Wildman–Crippen LogP) is 2.59. The van der Waals surface area contributed by atoms with Gasteiger partial charge in [-0.2, -0.15) is 0 Å². The zero-order valence-electron chi connectivity index (χ0n) is 13.0. The van der Waals surface area contributed by atoms with Gasteiger partial charge < -0.3 is 10.0 Å². The molecule has 1 aliphatic heterocycles. The van der Waals surface area contributed by atoms with Crippen molar-refractivity contribution in [2.75, 3.05) is 24.6 Å². The van der Waals surface area contributed by atoms with Crippen molar-refractivity contribution in [1.82, 2.24) is 9.97 Å². The number of aromatic nitrogens is 2. The average Bonchev–Trinajstić information content (AvgIpc) is 2.54. The standard InChI is InChI=1S/C16H27N3O/c1-4-13-10-15(18-14(5-2)17-13)19-9-7-8-16(6-3,11-19)12-20/h10,20H,4-9,11-12H2,1-3H3. The molecular weight excluding hydrogens is 250 g/mol. The highest BCUT2D eigenvalue weighted by Gasteiger charge is 2.34. The molecule has 0 amide bonds. The number of rotatable bonds is 5. The summed E-state index contributed by atoms with van der Waals surface area (Å²) >= 11 is 0. The molecule has 1 aromatic rings. The van der Waals surface area contributed by atoms with Gasteiger partial charge in [-0.3, -0.25) is 0 Å². The molecule has 1 saturated heterocycles. The van der Waals surface area contributed by atoms with Crippen LogP contribution < -0.4 is 4.90 Å². The van der Waals surface area contributed by atoms with Crippen molar-refractivity contribution in [3.63, 3.8) is 0 Å². The third-order valence-corrected chi connectivity index (χ3v) is 4.56. The Labute approximate surface area is 122 Å². The summed E-state index contributed by atoms with van der Waals surface area (Å²) in [5.74, 6) is 1.97. The summed E-state index contributed by atoms with van der Waals surface area (Å²) in [7, 11) is 0. The molecule has 1 aromatic heterocycles. The molecule has 2 rings (SSSR count). The highest BCUT2D eigenvalue weighted by Crippen LogP contribution is 2.34. The predicted molar refractivity (Wildman–Crippen MR) is 82.0 cm³/mol. The topological polar surface area (TPSA) is 49.2 Å². The molecule has 1 atom stereocenters. The van der Waals surface area contributed by atoms with Crippen molar-refractivity contribution in [3.8, 4) is 0 Å². The SMILES string of the molecule is CCc1cc(N2CCCC(CC)(CO)C2)nc(CC)n1. The van der Waals surface area contributed by atoms with Gasteiger partial charge in [-0.15, -0.1) is 0 Å². The summed E-state index contributed by atoms with van der Waals surface area (Å²) in [4.78, 5) is 11.6. The van der Waals surface area contributed by atoms with E-state index in [9.17, 15) is 5.11 Å². The van der Waals surface area contributed by atoms with Crippen LogP contribution in [-0.4, -0.2) is 34.8 Å². The lowest BCUT2D eigenvalue weighted by atomic mass is 9.78. The van der Waals surface area contributed by atoms with Crippen LogP contribution in [0, 0.1) is 5.41 Å². The first-order valence-corrected chi connectivity index (χ1v) is 7.89. The fraction of sp³-hybridized carbons (Fsp3) is 0.750. The molecule has 1 unspecified atom stereocenters. The third kappa shape index (κ3) is 3.11. The maximum Gasteiger partial charge on any atom is 0.132 e. The molecule has 20 heavy (non-hydrogen) atoms. The molecule has 2 heterocycles. The van der Waals surface area contributed by atoms with Gasteiger partial charge in [0.1, 0.15) is 11.6 Å². The Kier molecular flexibility index (Phi) is 4.97. The molecule has 112 valence electrons. The van der Waals surface area contributed by atoms with E-state index in [1.807, 2.05) is 0 Å². The second-order valence-corrected chi connectivity index (χ2v) is 5.88. The van der Waals surface area contributed by atoms with Crippen LogP contribution in [0.5, 0.6) is 0 Å². The lowest BCUT2D eigenvalue weighted by Crippen LogP contribution is -2.45. The number of anilines is 1. The number of hydrogen-bond acceptors (Lipinski definition) is 4. The number of aryl methyl sites for hydroxylation is 2. The average molecular weight is 277 g/mol. The number of nitrogens with zero attached hydrogens (tertiary/aromatic N) is 3. The van der Waals surface area contributed by atoms with Crippen molar-refractivity contribution >= 4 is 5.82 Å². The minimum atomic E-state index is 0.0436. The number of aliphatic hydroxyl groups is 1. The Morgan fingerprint density at radius 2 is 2.05 bits per heavy atom. The molecular formula is C16H27N3O. The lowest BCUT2D eigenvalue weighted by molar-refractivity contribution is 0.101. The van der Waals surface area contributed by atoms with Crippen LogP contribution >= 0.6 is 0 Å². The molecule has 4 nitrogen and oxygen atoms in total. The molecule has 4 heteroatoms. The van der Waals surface area contributed by atoms with Gasteiger partial charge in [-0.05, 0) is 25.7 Å². The van der Waals surface area contributed by atoms with Crippen molar-refractivity contribution < 1.29 is 5.11 Å². The molecule has 1 aliphatic rings. The second kappa shape index (κ2) is 6.53. The largest absolute Gasteiger partial charge is 0.396 e. The molecule has 1 fully saturated rings. The van der Waals surface area contributed by atoms with Gasteiger partial charge in [0.05, 0.1) is 6.61 Å². The van der Waals surface area contributed by atoms with E-state index in [4.69, 9.17) is 4.98 Å². The Hall–Kier alpha value is -1.16. The van der Waals surface area contributed by atoms with Crippen LogP contribution in [0.1, 0.15) is 51.6 Å². The van der Waals surface area contributed by atoms with Gasteiger partial charge in [-0.25, -0.2) is 9.97 Å². The van der Waals surface area contributed by atoms with Gasteiger partial charge in [-0.1, -0.05) is 20.8 Å². The second-order valence-electron chi connectivity index (χ2n) is 5.88. The zero-order chi connectivity index (χ0) is 14.6. The van der Waals surface area contributed by atoms with Crippen LogP contribution in [0.25, 0.3) is 0 Å². The smallest absolute Gasteiger partial charge is 0.132 e. The van der Waals surface area contributed by atoms with E-state index in [1.165, 1.54) is 0 Å². The van der Waals surface area contributed by atoms with E-state index < -0.39 is 0 Å². The first-order chi connectivity index (χ1) is 9.66. The molecule has 0 radical (unpaired) electrons. The molecule has 0 spiro atoms. The molecule has 0 saturated carbocycles. The van der Waals surface area contributed by atoms with E-state index in [0.29, 0.717) is 0 Å². The summed E-state index contributed by atoms with van der Waals surface area (Å²) in [6, 6.07) is 2.11. The van der Waals surface area contributed by atoms with Gasteiger partial charge in [0.25, 0.3) is 0 Å². The number of piperidine rings is 1. The van der Waals surface area contributed by atoms with Crippen molar-refractivity contribution in [3.05, 3.63) is 17.6 Å². The van der Waals surface area contributed by atoms with E-state index >= 15 is 0 Å². The Morgan fingerprint density at radius 1 is 1.25 bits per heavy atom. The van der Waals surface area contributed by atoms with Crippen LogP contribution in [0.3, 0.4) is 0 Å². The van der Waals surface area contributed by atoms with Gasteiger partial charge in [0.15, 0.2) is 0 Å². The lowest BCUT2D eigenvalue weighted by Gasteiger charge is -2.42. The maximum absolute atomic E-state index is 9.75. The minimum Gasteiger partial charge on any atom is -0.396 e. The van der Waals surface area contributed by atoms with Gasteiger partial charge in [0, 0.05) is 36.7 Å². The van der Waals surface area contributed by atoms with Crippen molar-refractivity contribution in [2.45, 2.75) is 52.9 Å². The maximum atomic E-state index is 9.75. The Bertz CT molecular complexity index is 421. The number of aliphatic hydroxyl groups excluding tert-OH is 1. The summed E-state index contributed by atoms with van der Waals surface area (Å²) in [6.45, 7) is 8.61. The van der Waals surface area contributed by atoms with Crippen LogP contribution in [0.2, 0.25) is 0 Å². The molecule has 1 N–H and O–H groups in total. The van der Waals surface area contributed by atoms with Crippen molar-refractivity contribution in [2.24, 2.45) is 5.41 Å². The Morgan fingerprint density at radius 3 is 2.65 bits per heavy atom. The summed E-state index contributed by atoms with van der Waals surface area (Å²) in [5.41, 5.74) is 1.16. The Balaban J connectivity index is 2.26. The van der Waals surface area contributed by atoms with E-state index in [0.717, 1.165) is 62.5 Å². The first-order valence-electron chi connectivity index (χ1n) is 7.89. The number of hydrogen-bond donors (Lipinski definition) is 1. The van der Waals surface area contributed by atoms with E-state index in [1.54, 1.807) is 0 Å². The summed E-state index contributed by atoms with van der Waals surface area (Å²) < 4.78 is 0. The summed E-state index contributed by atoms with van der Waals surface area (Å²) in [6.07, 6.45) is 5.07. The van der Waals surface area contributed by atoms with Crippen LogP contribution in [0.15, 0.2) is 6.07 Å². The first kappa shape index (κ1) is 15.2. The molecule has 0 aromatic carbocycles. The van der Waals surface area contributed by atoms with Gasteiger partial charge >= 0.3 is 0 Å². The third-order valence-electron chi connectivity index (χ3n) is 4.56. The monoisotopic (exact) mass is 277 g/mol. The quantitative estimate of drug-likeness (QED) is 0.898. The highest BCUT2D eigenvalue weighted by molar-refractivity contribution is 5.41. The van der Waals surface area contributed by atoms with E-state index in [-0.39, 0.29) is 12.0 Å². The normalized spacial score (nSPS) is 23.1. The fourth-order valence-corrected chi connectivity index (χ4v) is 2.97. The molecule has 0 aliphatic carbocycles. The zero-order valence-corrected chi connectivity index (χ0v) is 13.0. The minimum absolute atomic E-state index is 0.0436. The van der Waals surface area contributed by atoms with Crippen LogP contribution in [-0.2, 0) is 12.8 Å². The van der Waals surface area contributed by atoms with Crippen molar-refractivity contribution in [1.29, 1.82) is 0 Å². The highest BCUT2D eigenvalue weighted by atomic mass is 16.3. The van der Waals surface area contributed by atoms with Crippen LogP contribution in [0.4, 0.5) is 5.82 Å². The fourth-order valence-electron chi connectivity index (χ4n) is 2.97. The summed E-state index contributed by atoms with van der Waals surface area (Å²) in [5, 5.41) is 9.75. The molecule has 0 bridgehead atoms. The van der Waals surface area contributed by atoms with E-state index in [2.05, 4.69) is 36.7 Å².